The number of alkyl halides is 3. The van der Waals surface area contributed by atoms with Gasteiger partial charge >= 0.3 is 13.3 Å². The Hall–Kier alpha value is -2.96. The topological polar surface area (TPSA) is 130 Å². The molecule has 0 aromatic heterocycles. The van der Waals surface area contributed by atoms with E-state index in [1.54, 1.807) is 0 Å². The Balaban J connectivity index is 2.26. The summed E-state index contributed by atoms with van der Waals surface area (Å²) in [5.41, 5.74) is 8.93. The fourth-order valence-corrected chi connectivity index (χ4v) is 3.18. The average Bonchev–Trinajstić information content (AvgIpc) is 2.74. The van der Waals surface area contributed by atoms with Gasteiger partial charge in [-0.05, 0) is 54.6 Å². The number of carbonyl (C=O) groups is 2. The summed E-state index contributed by atoms with van der Waals surface area (Å²) in [4.78, 5) is 25.3. The molecule has 7 nitrogen and oxygen atoms in total. The fourth-order valence-electron chi connectivity index (χ4n) is 3.18. The first kappa shape index (κ1) is 26.3. The van der Waals surface area contributed by atoms with Crippen LogP contribution in [0, 0.1) is 11.9 Å². The molecule has 2 rings (SSSR count). The Morgan fingerprint density at radius 3 is 2.39 bits per heavy atom. The van der Waals surface area contributed by atoms with Gasteiger partial charge in [0.05, 0.1) is 11.6 Å². The average molecular weight is 468 g/mol. The SMILES string of the molecule is NC(=O)[C@@H](N)CCCCN(Cc1ccc(B(O)O)c(C(F)(F)F)c1)C(=O)c1c[c]c(F)cc1. The van der Waals surface area contributed by atoms with E-state index in [0.29, 0.717) is 12.8 Å². The number of nitrogens with two attached hydrogens (primary N) is 2. The van der Waals surface area contributed by atoms with Gasteiger partial charge in [0.2, 0.25) is 5.91 Å². The summed E-state index contributed by atoms with van der Waals surface area (Å²) in [5, 5.41) is 18.5. The number of hydrogen-bond donors (Lipinski definition) is 4. The van der Waals surface area contributed by atoms with Crippen LogP contribution in [-0.2, 0) is 17.5 Å². The van der Waals surface area contributed by atoms with Gasteiger partial charge in [-0.1, -0.05) is 12.1 Å². The van der Waals surface area contributed by atoms with Crippen LogP contribution in [0.15, 0.2) is 36.4 Å². The zero-order valence-electron chi connectivity index (χ0n) is 17.5. The largest absolute Gasteiger partial charge is 0.489 e. The molecule has 0 unspecified atom stereocenters. The molecule has 0 saturated carbocycles. The summed E-state index contributed by atoms with van der Waals surface area (Å²) in [5.74, 6) is -1.91. The second-order valence-electron chi connectivity index (χ2n) is 7.45. The normalized spacial score (nSPS) is 12.3. The maximum absolute atomic E-state index is 13.4. The lowest BCUT2D eigenvalue weighted by Gasteiger charge is -2.24. The molecule has 0 bridgehead atoms. The van der Waals surface area contributed by atoms with Crippen LogP contribution in [0.25, 0.3) is 0 Å². The number of rotatable bonds is 10. The predicted octanol–water partition coefficient (Wildman–Crippen LogP) is 0.950. The van der Waals surface area contributed by atoms with Crippen LogP contribution < -0.4 is 16.9 Å². The van der Waals surface area contributed by atoms with E-state index in [-0.39, 0.29) is 30.6 Å². The number of nitrogens with zero attached hydrogens (tertiary/aromatic N) is 1. The standard InChI is InChI=1S/C21H23BF4N3O4/c23-15-7-5-14(6-8-15)20(31)29(10-2-1-3-18(27)19(28)30)12-13-4-9-17(22(32)33)16(11-13)21(24,25)26/h4-7,9,11,18,32-33H,1-3,10,12,27H2,(H2,28,30)/t18-/m0/s1. The van der Waals surface area contributed by atoms with E-state index < -0.39 is 48.0 Å². The van der Waals surface area contributed by atoms with Gasteiger partial charge in [0.25, 0.3) is 5.91 Å². The minimum Gasteiger partial charge on any atom is -0.423 e. The molecule has 1 radical (unpaired) electrons. The Bertz CT molecular complexity index is 971. The third kappa shape index (κ3) is 7.55. The first-order chi connectivity index (χ1) is 15.4. The predicted molar refractivity (Wildman–Crippen MR) is 112 cm³/mol. The molecule has 0 fully saturated rings. The van der Waals surface area contributed by atoms with E-state index in [4.69, 9.17) is 11.5 Å². The van der Waals surface area contributed by atoms with Gasteiger partial charge in [0, 0.05) is 24.7 Å². The summed E-state index contributed by atoms with van der Waals surface area (Å²) < 4.78 is 53.3. The third-order valence-electron chi connectivity index (χ3n) is 4.94. The maximum Gasteiger partial charge on any atom is 0.489 e. The van der Waals surface area contributed by atoms with Crippen molar-refractivity contribution in [1.29, 1.82) is 0 Å². The molecule has 0 saturated heterocycles. The first-order valence-electron chi connectivity index (χ1n) is 9.97. The quantitative estimate of drug-likeness (QED) is 0.235. The zero-order valence-corrected chi connectivity index (χ0v) is 17.5. The Labute approximate surface area is 188 Å². The highest BCUT2D eigenvalue weighted by Crippen LogP contribution is 2.29. The van der Waals surface area contributed by atoms with Gasteiger partial charge in [-0.3, -0.25) is 9.59 Å². The van der Waals surface area contributed by atoms with Crippen LogP contribution >= 0.6 is 0 Å². The summed E-state index contributed by atoms with van der Waals surface area (Å²) in [6.07, 6.45) is -3.78. The Morgan fingerprint density at radius 2 is 1.85 bits per heavy atom. The van der Waals surface area contributed by atoms with E-state index in [1.807, 2.05) is 0 Å². The van der Waals surface area contributed by atoms with E-state index >= 15 is 0 Å². The molecule has 177 valence electrons. The van der Waals surface area contributed by atoms with Gasteiger partial charge in [-0.15, -0.1) is 0 Å². The number of amides is 2. The van der Waals surface area contributed by atoms with Crippen molar-refractivity contribution in [2.24, 2.45) is 11.5 Å². The van der Waals surface area contributed by atoms with Crippen molar-refractivity contribution in [3.63, 3.8) is 0 Å². The molecule has 1 atom stereocenters. The van der Waals surface area contributed by atoms with Crippen molar-refractivity contribution in [2.45, 2.75) is 38.0 Å². The van der Waals surface area contributed by atoms with Gasteiger partial charge in [-0.25, -0.2) is 4.39 Å². The monoisotopic (exact) mass is 468 g/mol. The second kappa shape index (κ2) is 11.3. The Kier molecular flexibility index (Phi) is 8.97. The van der Waals surface area contributed by atoms with E-state index in [0.717, 1.165) is 24.3 Å². The lowest BCUT2D eigenvalue weighted by molar-refractivity contribution is -0.137. The van der Waals surface area contributed by atoms with Gasteiger partial charge in [0.15, 0.2) is 0 Å². The lowest BCUT2D eigenvalue weighted by Crippen LogP contribution is -2.37. The molecule has 12 heteroatoms. The van der Waals surface area contributed by atoms with Crippen LogP contribution in [0.2, 0.25) is 0 Å². The van der Waals surface area contributed by atoms with Crippen LogP contribution in [0.4, 0.5) is 17.6 Å². The summed E-state index contributed by atoms with van der Waals surface area (Å²) in [6.45, 7) is -0.129. The van der Waals surface area contributed by atoms with Gasteiger partial charge in [-0.2, -0.15) is 13.2 Å². The smallest absolute Gasteiger partial charge is 0.423 e. The van der Waals surface area contributed by atoms with Crippen molar-refractivity contribution in [3.8, 4) is 0 Å². The first-order valence-corrected chi connectivity index (χ1v) is 9.97. The highest BCUT2D eigenvalue weighted by atomic mass is 19.4. The second-order valence-corrected chi connectivity index (χ2v) is 7.45. The van der Waals surface area contributed by atoms with Gasteiger partial charge < -0.3 is 26.4 Å². The molecule has 2 amide bonds. The fraction of sp³-hybridized carbons (Fsp3) is 0.333. The zero-order chi connectivity index (χ0) is 24.8. The molecule has 0 heterocycles. The minimum atomic E-state index is -4.85. The Morgan fingerprint density at radius 1 is 1.15 bits per heavy atom. The van der Waals surface area contributed by atoms with E-state index in [2.05, 4.69) is 6.07 Å². The number of halogens is 4. The van der Waals surface area contributed by atoms with Crippen molar-refractivity contribution >= 4 is 24.4 Å². The van der Waals surface area contributed by atoms with E-state index in [1.165, 1.54) is 17.0 Å². The molecule has 2 aromatic rings. The number of benzene rings is 2. The molecule has 0 spiro atoms. The van der Waals surface area contributed by atoms with Crippen molar-refractivity contribution in [2.75, 3.05) is 6.54 Å². The summed E-state index contributed by atoms with van der Waals surface area (Å²) in [6, 6.07) is 7.74. The molecule has 0 aliphatic carbocycles. The van der Waals surface area contributed by atoms with Crippen LogP contribution in [0.1, 0.15) is 40.7 Å². The molecule has 6 N–H and O–H groups in total. The molecule has 0 aliphatic rings. The maximum atomic E-state index is 13.4. The lowest BCUT2D eigenvalue weighted by atomic mass is 9.76. The number of primary amides is 1. The van der Waals surface area contributed by atoms with Crippen LogP contribution in [-0.4, -0.2) is 46.5 Å². The number of unbranched alkanes of at least 4 members (excludes halogenated alkanes) is 1. The van der Waals surface area contributed by atoms with Crippen molar-refractivity contribution in [1.82, 2.24) is 4.90 Å². The van der Waals surface area contributed by atoms with Crippen molar-refractivity contribution < 1.29 is 37.2 Å². The van der Waals surface area contributed by atoms with E-state index in [9.17, 15) is 37.2 Å². The highest BCUT2D eigenvalue weighted by Gasteiger charge is 2.36. The number of carbonyl (C=O) groups excluding carboxylic acids is 2. The minimum absolute atomic E-state index is 0.0867. The molecular weight excluding hydrogens is 445 g/mol. The van der Waals surface area contributed by atoms with Crippen molar-refractivity contribution in [3.05, 3.63) is 65.0 Å². The molecular formula is C21H23BF4N3O4. The third-order valence-corrected chi connectivity index (χ3v) is 4.94. The molecule has 2 aromatic carbocycles. The molecule has 0 aliphatic heterocycles. The molecule has 33 heavy (non-hydrogen) atoms. The highest BCUT2D eigenvalue weighted by molar-refractivity contribution is 6.59. The van der Waals surface area contributed by atoms with Gasteiger partial charge in [0.1, 0.15) is 5.82 Å². The van der Waals surface area contributed by atoms with Crippen LogP contribution in [0.3, 0.4) is 0 Å². The summed E-state index contributed by atoms with van der Waals surface area (Å²) >= 11 is 0. The number of hydrogen-bond acceptors (Lipinski definition) is 5. The summed E-state index contributed by atoms with van der Waals surface area (Å²) in [7, 11) is -2.32. The van der Waals surface area contributed by atoms with Crippen LogP contribution in [0.5, 0.6) is 0 Å².